The second kappa shape index (κ2) is 5.18. The minimum Gasteiger partial charge on any atom is -0.456 e. The standard InChI is InChI=1S/C12H22O2/c1-7-10(4)8-12(5,6)14-11(13)9(2)3/h10H,2,7-8H2,1,3-6H3. The fourth-order valence-corrected chi connectivity index (χ4v) is 1.36. The average molecular weight is 198 g/mol. The van der Waals surface area contributed by atoms with Crippen LogP contribution in [0.2, 0.25) is 0 Å². The molecular weight excluding hydrogens is 176 g/mol. The van der Waals surface area contributed by atoms with Gasteiger partial charge in [0, 0.05) is 5.57 Å². The van der Waals surface area contributed by atoms with Gasteiger partial charge in [-0.15, -0.1) is 0 Å². The van der Waals surface area contributed by atoms with Crippen molar-refractivity contribution in [1.82, 2.24) is 0 Å². The molecule has 1 atom stereocenters. The molecule has 0 amide bonds. The van der Waals surface area contributed by atoms with Crippen LogP contribution in [-0.2, 0) is 9.53 Å². The maximum absolute atomic E-state index is 11.3. The molecule has 82 valence electrons. The van der Waals surface area contributed by atoms with Gasteiger partial charge in [-0.1, -0.05) is 26.8 Å². The summed E-state index contributed by atoms with van der Waals surface area (Å²) in [7, 11) is 0. The minimum atomic E-state index is -0.383. The molecule has 0 radical (unpaired) electrons. The molecular formula is C12H22O2. The summed E-state index contributed by atoms with van der Waals surface area (Å²) in [5, 5.41) is 0. The zero-order valence-corrected chi connectivity index (χ0v) is 10.0. The van der Waals surface area contributed by atoms with Crippen molar-refractivity contribution >= 4 is 5.97 Å². The summed E-state index contributed by atoms with van der Waals surface area (Å²) in [5.41, 5.74) is 0.0769. The number of ether oxygens (including phenoxy) is 1. The molecule has 1 unspecified atom stereocenters. The van der Waals surface area contributed by atoms with E-state index in [1.165, 1.54) is 0 Å². The number of carbonyl (C=O) groups is 1. The van der Waals surface area contributed by atoms with Crippen LogP contribution >= 0.6 is 0 Å². The van der Waals surface area contributed by atoms with E-state index in [4.69, 9.17) is 4.74 Å². The molecule has 0 aromatic rings. The first kappa shape index (κ1) is 13.2. The van der Waals surface area contributed by atoms with Gasteiger partial charge in [0.05, 0.1) is 0 Å². The smallest absolute Gasteiger partial charge is 0.333 e. The number of carbonyl (C=O) groups excluding carboxylic acids is 1. The Morgan fingerprint density at radius 2 is 2.00 bits per heavy atom. The van der Waals surface area contributed by atoms with Crippen molar-refractivity contribution in [3.63, 3.8) is 0 Å². The first-order chi connectivity index (χ1) is 6.28. The maximum Gasteiger partial charge on any atom is 0.333 e. The molecule has 0 aromatic carbocycles. The van der Waals surface area contributed by atoms with Crippen LogP contribution in [0.1, 0.15) is 47.5 Å². The van der Waals surface area contributed by atoms with E-state index < -0.39 is 0 Å². The monoisotopic (exact) mass is 198 g/mol. The Balaban J connectivity index is 4.19. The Bertz CT molecular complexity index is 216. The second-order valence-corrected chi connectivity index (χ2v) is 4.65. The van der Waals surface area contributed by atoms with Crippen LogP contribution in [0, 0.1) is 5.92 Å². The Morgan fingerprint density at radius 1 is 1.50 bits per heavy atom. The Hall–Kier alpha value is -0.790. The third kappa shape index (κ3) is 5.05. The van der Waals surface area contributed by atoms with Gasteiger partial charge in [0.25, 0.3) is 0 Å². The lowest BCUT2D eigenvalue weighted by molar-refractivity contribution is -0.152. The van der Waals surface area contributed by atoms with Gasteiger partial charge in [-0.3, -0.25) is 0 Å². The van der Waals surface area contributed by atoms with Gasteiger partial charge in [-0.2, -0.15) is 0 Å². The quantitative estimate of drug-likeness (QED) is 0.500. The van der Waals surface area contributed by atoms with E-state index >= 15 is 0 Å². The maximum atomic E-state index is 11.3. The lowest BCUT2D eigenvalue weighted by atomic mass is 9.93. The third-order valence-electron chi connectivity index (χ3n) is 2.25. The fraction of sp³-hybridized carbons (Fsp3) is 0.750. The first-order valence-electron chi connectivity index (χ1n) is 5.17. The highest BCUT2D eigenvalue weighted by Crippen LogP contribution is 2.23. The third-order valence-corrected chi connectivity index (χ3v) is 2.25. The molecule has 0 heterocycles. The Kier molecular flexibility index (Phi) is 4.89. The van der Waals surface area contributed by atoms with Gasteiger partial charge in [-0.05, 0) is 33.1 Å². The van der Waals surface area contributed by atoms with Crippen molar-refractivity contribution in [2.75, 3.05) is 0 Å². The molecule has 0 N–H and O–H groups in total. The van der Waals surface area contributed by atoms with Gasteiger partial charge >= 0.3 is 5.97 Å². The number of rotatable bonds is 5. The summed E-state index contributed by atoms with van der Waals surface area (Å²) < 4.78 is 5.33. The van der Waals surface area contributed by atoms with Crippen LogP contribution in [0.3, 0.4) is 0 Å². The SMILES string of the molecule is C=C(C)C(=O)OC(C)(C)CC(C)CC. The predicted molar refractivity (Wildman–Crippen MR) is 59.1 cm³/mol. The summed E-state index contributed by atoms with van der Waals surface area (Å²) in [4.78, 5) is 11.3. The van der Waals surface area contributed by atoms with Gasteiger partial charge in [0.1, 0.15) is 5.60 Å². The zero-order valence-electron chi connectivity index (χ0n) is 10.0. The molecule has 2 heteroatoms. The van der Waals surface area contributed by atoms with Crippen LogP contribution < -0.4 is 0 Å². The molecule has 0 aliphatic heterocycles. The molecule has 2 nitrogen and oxygen atoms in total. The normalized spacial score (nSPS) is 13.5. The van der Waals surface area contributed by atoms with Gasteiger partial charge in [0.15, 0.2) is 0 Å². The van der Waals surface area contributed by atoms with E-state index in [1.807, 2.05) is 13.8 Å². The van der Waals surface area contributed by atoms with E-state index in [2.05, 4.69) is 20.4 Å². The molecule has 0 aliphatic carbocycles. The summed E-state index contributed by atoms with van der Waals surface area (Å²) in [6, 6.07) is 0. The van der Waals surface area contributed by atoms with E-state index in [1.54, 1.807) is 6.92 Å². The molecule has 0 rings (SSSR count). The van der Waals surface area contributed by atoms with Crippen LogP contribution in [-0.4, -0.2) is 11.6 Å². The van der Waals surface area contributed by atoms with E-state index in [9.17, 15) is 4.79 Å². The molecule has 0 saturated carbocycles. The zero-order chi connectivity index (χ0) is 11.4. The molecule has 0 aromatic heterocycles. The van der Waals surface area contributed by atoms with Gasteiger partial charge in [-0.25, -0.2) is 4.79 Å². The van der Waals surface area contributed by atoms with Gasteiger partial charge < -0.3 is 4.74 Å². The Morgan fingerprint density at radius 3 is 2.36 bits per heavy atom. The molecule has 0 aliphatic rings. The van der Waals surface area contributed by atoms with Crippen LogP contribution in [0.25, 0.3) is 0 Å². The number of hydrogen-bond acceptors (Lipinski definition) is 2. The second-order valence-electron chi connectivity index (χ2n) is 4.65. The number of esters is 1. The van der Waals surface area contributed by atoms with E-state index in [0.717, 1.165) is 12.8 Å². The lowest BCUT2D eigenvalue weighted by Gasteiger charge is -2.27. The summed E-state index contributed by atoms with van der Waals surface area (Å²) in [6.45, 7) is 13.4. The fourth-order valence-electron chi connectivity index (χ4n) is 1.36. The summed E-state index contributed by atoms with van der Waals surface area (Å²) in [6.07, 6.45) is 2.00. The Labute approximate surface area is 87.3 Å². The molecule has 0 saturated heterocycles. The van der Waals surface area contributed by atoms with Crippen LogP contribution in [0.15, 0.2) is 12.2 Å². The van der Waals surface area contributed by atoms with Crippen molar-refractivity contribution in [3.05, 3.63) is 12.2 Å². The van der Waals surface area contributed by atoms with Crippen molar-refractivity contribution in [1.29, 1.82) is 0 Å². The highest BCUT2D eigenvalue weighted by molar-refractivity contribution is 5.87. The highest BCUT2D eigenvalue weighted by Gasteiger charge is 2.24. The average Bonchev–Trinajstić information content (AvgIpc) is 2.02. The van der Waals surface area contributed by atoms with Crippen molar-refractivity contribution in [2.45, 2.75) is 53.1 Å². The topological polar surface area (TPSA) is 26.3 Å². The molecule has 0 fully saturated rings. The molecule has 14 heavy (non-hydrogen) atoms. The van der Waals surface area contributed by atoms with E-state index in [-0.39, 0.29) is 11.6 Å². The van der Waals surface area contributed by atoms with Crippen molar-refractivity contribution in [2.24, 2.45) is 5.92 Å². The first-order valence-corrected chi connectivity index (χ1v) is 5.17. The van der Waals surface area contributed by atoms with E-state index in [0.29, 0.717) is 11.5 Å². The molecule has 0 spiro atoms. The highest BCUT2D eigenvalue weighted by atomic mass is 16.6. The van der Waals surface area contributed by atoms with Crippen LogP contribution in [0.4, 0.5) is 0 Å². The minimum absolute atomic E-state index is 0.293. The predicted octanol–water partition coefficient (Wildman–Crippen LogP) is 3.32. The number of hydrogen-bond donors (Lipinski definition) is 0. The summed E-state index contributed by atoms with van der Waals surface area (Å²) >= 11 is 0. The van der Waals surface area contributed by atoms with Crippen molar-refractivity contribution < 1.29 is 9.53 Å². The van der Waals surface area contributed by atoms with Crippen molar-refractivity contribution in [3.8, 4) is 0 Å². The lowest BCUT2D eigenvalue weighted by Crippen LogP contribution is -2.30. The van der Waals surface area contributed by atoms with Gasteiger partial charge in [0.2, 0.25) is 0 Å². The van der Waals surface area contributed by atoms with Crippen LogP contribution in [0.5, 0.6) is 0 Å². The molecule has 0 bridgehead atoms. The largest absolute Gasteiger partial charge is 0.456 e. The summed E-state index contributed by atoms with van der Waals surface area (Å²) in [5.74, 6) is 0.279.